The highest BCUT2D eigenvalue weighted by Crippen LogP contribution is 2.22. The Morgan fingerprint density at radius 1 is 1.27 bits per heavy atom. The number of imidazole rings is 1. The molecule has 3 aromatic heterocycles. The molecular formula is C18H20N6O2. The highest BCUT2D eigenvalue weighted by molar-refractivity contribution is 5.66. The molecule has 3 aromatic rings. The third-order valence-electron chi connectivity index (χ3n) is 4.79. The van der Waals surface area contributed by atoms with Gasteiger partial charge < -0.3 is 15.3 Å². The van der Waals surface area contributed by atoms with Crippen molar-refractivity contribution in [1.29, 1.82) is 0 Å². The number of hydrogen-bond donors (Lipinski definition) is 2. The fourth-order valence-electron chi connectivity index (χ4n) is 3.38. The van der Waals surface area contributed by atoms with Gasteiger partial charge in [-0.3, -0.25) is 9.38 Å². The number of fused-ring (bicyclic) bond motifs is 1. The van der Waals surface area contributed by atoms with Gasteiger partial charge in [0.1, 0.15) is 17.2 Å². The molecule has 134 valence electrons. The molecule has 0 radical (unpaired) electrons. The lowest BCUT2D eigenvalue weighted by Crippen LogP contribution is -2.49. The van der Waals surface area contributed by atoms with Gasteiger partial charge >= 0.3 is 6.09 Å². The monoisotopic (exact) mass is 352 g/mol. The summed E-state index contributed by atoms with van der Waals surface area (Å²) in [4.78, 5) is 26.1. The van der Waals surface area contributed by atoms with Gasteiger partial charge in [-0.15, -0.1) is 0 Å². The molecule has 0 unspecified atom stereocenters. The van der Waals surface area contributed by atoms with Crippen LogP contribution >= 0.6 is 0 Å². The number of nitrogens with zero attached hydrogens (tertiary/aromatic N) is 5. The van der Waals surface area contributed by atoms with Crippen LogP contribution in [0.4, 0.5) is 10.6 Å². The highest BCUT2D eigenvalue weighted by atomic mass is 16.4. The van der Waals surface area contributed by atoms with Gasteiger partial charge in [0.2, 0.25) is 0 Å². The van der Waals surface area contributed by atoms with Crippen LogP contribution in [-0.2, 0) is 0 Å². The van der Waals surface area contributed by atoms with Crippen molar-refractivity contribution in [2.24, 2.45) is 0 Å². The molecule has 1 aliphatic heterocycles. The minimum Gasteiger partial charge on any atom is -0.465 e. The fourth-order valence-corrected chi connectivity index (χ4v) is 3.38. The van der Waals surface area contributed by atoms with Crippen LogP contribution in [0.3, 0.4) is 0 Å². The molecule has 4 rings (SSSR count). The summed E-state index contributed by atoms with van der Waals surface area (Å²) >= 11 is 0. The molecule has 0 aliphatic carbocycles. The van der Waals surface area contributed by atoms with Crippen LogP contribution in [0.15, 0.2) is 43.0 Å². The summed E-state index contributed by atoms with van der Waals surface area (Å²) in [6.45, 7) is 2.38. The van der Waals surface area contributed by atoms with E-state index in [1.807, 2.05) is 35.7 Å². The van der Waals surface area contributed by atoms with E-state index >= 15 is 0 Å². The number of nitrogens with one attached hydrogen (secondary N) is 1. The normalized spacial score (nSPS) is 20.3. The number of anilines is 1. The van der Waals surface area contributed by atoms with Crippen molar-refractivity contribution >= 4 is 17.6 Å². The summed E-state index contributed by atoms with van der Waals surface area (Å²) in [5.41, 5.74) is 2.43. The van der Waals surface area contributed by atoms with Crippen molar-refractivity contribution in [3.63, 3.8) is 0 Å². The Morgan fingerprint density at radius 2 is 2.15 bits per heavy atom. The largest absolute Gasteiger partial charge is 0.465 e. The van der Waals surface area contributed by atoms with Crippen LogP contribution in [-0.4, -0.2) is 54.1 Å². The van der Waals surface area contributed by atoms with E-state index in [4.69, 9.17) is 0 Å². The van der Waals surface area contributed by atoms with Crippen molar-refractivity contribution in [2.75, 3.05) is 11.9 Å². The number of rotatable bonds is 3. The van der Waals surface area contributed by atoms with Gasteiger partial charge in [0.15, 0.2) is 0 Å². The first-order valence-corrected chi connectivity index (χ1v) is 8.62. The number of carbonyl (C=O) groups is 1. The standard InChI is InChI=1S/C18H20N6O2/c1-12-5-6-13(11-24(12)18(25)26)21-16-10-19-8-14(22-16)15-9-20-17-4-2-3-7-23(15)17/h2-4,7-10,12-13H,5-6,11H2,1H3,(H,21,22)(H,25,26)/t12-,13+/m0/s1. The minimum atomic E-state index is -0.880. The topological polar surface area (TPSA) is 95.7 Å². The molecular weight excluding hydrogens is 332 g/mol. The third-order valence-corrected chi connectivity index (χ3v) is 4.79. The molecule has 8 nitrogen and oxygen atoms in total. The summed E-state index contributed by atoms with van der Waals surface area (Å²) in [5, 5.41) is 12.7. The maximum absolute atomic E-state index is 11.4. The third kappa shape index (κ3) is 3.05. The molecule has 8 heteroatoms. The first-order chi connectivity index (χ1) is 12.6. The van der Waals surface area contributed by atoms with Gasteiger partial charge in [0.25, 0.3) is 0 Å². The number of hydrogen-bond acceptors (Lipinski definition) is 5. The smallest absolute Gasteiger partial charge is 0.407 e. The van der Waals surface area contributed by atoms with Crippen LogP contribution in [0.1, 0.15) is 19.8 Å². The summed E-state index contributed by atoms with van der Waals surface area (Å²) in [6.07, 6.45) is 7.92. The average Bonchev–Trinajstić information content (AvgIpc) is 3.07. The SMILES string of the molecule is C[C@H]1CC[C@@H](Nc2cncc(-c3cnc4ccccn34)n2)CN1C(=O)O. The van der Waals surface area contributed by atoms with Crippen molar-refractivity contribution < 1.29 is 9.90 Å². The number of pyridine rings is 1. The number of likely N-dealkylation sites (tertiary alicyclic amines) is 1. The van der Waals surface area contributed by atoms with E-state index < -0.39 is 6.09 Å². The quantitative estimate of drug-likeness (QED) is 0.752. The Balaban J connectivity index is 1.56. The number of aromatic nitrogens is 4. The Hall–Kier alpha value is -3.16. The lowest BCUT2D eigenvalue weighted by molar-refractivity contribution is 0.108. The zero-order valence-corrected chi connectivity index (χ0v) is 14.4. The van der Waals surface area contributed by atoms with Gasteiger partial charge in [-0.25, -0.2) is 14.8 Å². The molecule has 0 saturated carbocycles. The van der Waals surface area contributed by atoms with Crippen LogP contribution < -0.4 is 5.32 Å². The maximum Gasteiger partial charge on any atom is 0.407 e. The first kappa shape index (κ1) is 16.3. The van der Waals surface area contributed by atoms with E-state index in [-0.39, 0.29) is 12.1 Å². The second-order valence-corrected chi connectivity index (χ2v) is 6.56. The maximum atomic E-state index is 11.4. The van der Waals surface area contributed by atoms with Gasteiger partial charge in [0, 0.05) is 24.8 Å². The highest BCUT2D eigenvalue weighted by Gasteiger charge is 2.28. The number of piperidine rings is 1. The van der Waals surface area contributed by atoms with E-state index in [9.17, 15) is 9.90 Å². The Kier molecular flexibility index (Phi) is 4.16. The fraction of sp³-hybridized carbons (Fsp3) is 0.333. The summed E-state index contributed by atoms with van der Waals surface area (Å²) in [7, 11) is 0. The predicted octanol–water partition coefficient (Wildman–Crippen LogP) is 2.73. The second kappa shape index (κ2) is 6.62. The summed E-state index contributed by atoms with van der Waals surface area (Å²) in [6, 6.07) is 5.88. The van der Waals surface area contributed by atoms with Crippen molar-refractivity contribution in [3.05, 3.63) is 43.0 Å². The minimum absolute atomic E-state index is 0.0223. The van der Waals surface area contributed by atoms with E-state index in [0.29, 0.717) is 18.1 Å². The van der Waals surface area contributed by atoms with Crippen molar-refractivity contribution in [1.82, 2.24) is 24.3 Å². The summed E-state index contributed by atoms with van der Waals surface area (Å²) in [5.74, 6) is 0.637. The Labute approximate surface area is 150 Å². The number of carboxylic acid groups (broad SMARTS) is 1. The molecule has 1 fully saturated rings. The molecule has 1 amide bonds. The molecule has 26 heavy (non-hydrogen) atoms. The van der Waals surface area contributed by atoms with Crippen LogP contribution in [0, 0.1) is 0 Å². The lowest BCUT2D eigenvalue weighted by Gasteiger charge is -2.36. The number of amides is 1. The van der Waals surface area contributed by atoms with Gasteiger partial charge in [-0.1, -0.05) is 6.07 Å². The van der Waals surface area contributed by atoms with E-state index in [0.717, 1.165) is 24.2 Å². The van der Waals surface area contributed by atoms with Crippen molar-refractivity contribution in [3.8, 4) is 11.4 Å². The Bertz CT molecular complexity index is 940. The van der Waals surface area contributed by atoms with E-state index in [1.54, 1.807) is 18.6 Å². The molecule has 2 N–H and O–H groups in total. The molecule has 0 spiro atoms. The zero-order valence-electron chi connectivity index (χ0n) is 14.4. The molecule has 0 aromatic carbocycles. The van der Waals surface area contributed by atoms with Gasteiger partial charge in [-0.05, 0) is 31.9 Å². The Morgan fingerprint density at radius 3 is 3.00 bits per heavy atom. The van der Waals surface area contributed by atoms with Gasteiger partial charge in [-0.2, -0.15) is 0 Å². The molecule has 1 aliphatic rings. The van der Waals surface area contributed by atoms with E-state index in [1.165, 1.54) is 4.90 Å². The molecule has 4 heterocycles. The molecule has 2 atom stereocenters. The lowest BCUT2D eigenvalue weighted by atomic mass is 10.00. The van der Waals surface area contributed by atoms with Crippen LogP contribution in [0.25, 0.3) is 17.0 Å². The molecule has 1 saturated heterocycles. The average molecular weight is 352 g/mol. The molecule has 0 bridgehead atoms. The van der Waals surface area contributed by atoms with E-state index in [2.05, 4.69) is 20.3 Å². The first-order valence-electron chi connectivity index (χ1n) is 8.62. The van der Waals surface area contributed by atoms with Crippen molar-refractivity contribution in [2.45, 2.75) is 31.8 Å². The van der Waals surface area contributed by atoms with Crippen LogP contribution in [0.5, 0.6) is 0 Å². The second-order valence-electron chi connectivity index (χ2n) is 6.56. The summed E-state index contributed by atoms with van der Waals surface area (Å²) < 4.78 is 1.96. The van der Waals surface area contributed by atoms with Crippen LogP contribution in [0.2, 0.25) is 0 Å². The zero-order chi connectivity index (χ0) is 18.1. The predicted molar refractivity (Wildman–Crippen MR) is 97.1 cm³/mol. The van der Waals surface area contributed by atoms with Gasteiger partial charge in [0.05, 0.1) is 24.3 Å².